The van der Waals surface area contributed by atoms with Gasteiger partial charge in [0.1, 0.15) is 12.1 Å². The van der Waals surface area contributed by atoms with Crippen LogP contribution in [0.1, 0.15) is 11.1 Å². The molecule has 0 saturated carbocycles. The van der Waals surface area contributed by atoms with E-state index in [1.54, 1.807) is 16.9 Å². The highest BCUT2D eigenvalue weighted by atomic mass is 16.3. The highest BCUT2D eigenvalue weighted by molar-refractivity contribution is 5.87. The summed E-state index contributed by atoms with van der Waals surface area (Å²) in [5.41, 5.74) is 3.02. The minimum Gasteiger partial charge on any atom is -0.504 e. The van der Waals surface area contributed by atoms with Crippen LogP contribution in [-0.2, 0) is 6.54 Å². The first-order valence-corrected chi connectivity index (χ1v) is 8.16. The molecule has 0 spiro atoms. The van der Waals surface area contributed by atoms with E-state index in [9.17, 15) is 10.2 Å². The van der Waals surface area contributed by atoms with E-state index in [4.69, 9.17) is 6.42 Å². The number of rotatable bonds is 4. The molecule has 2 aromatic carbocycles. The number of fused-ring (bicyclic) bond motifs is 1. The second-order valence-corrected chi connectivity index (χ2v) is 5.89. The average Bonchev–Trinajstić information content (AvgIpc) is 3.13. The second kappa shape index (κ2) is 6.69. The fraction of sp³-hybridized carbons (Fsp3) is 0.0500. The van der Waals surface area contributed by atoms with Crippen LogP contribution in [0.5, 0.6) is 11.5 Å². The number of terminal acetylenes is 1. The zero-order valence-corrected chi connectivity index (χ0v) is 14.2. The Morgan fingerprint density at radius 1 is 1.07 bits per heavy atom. The lowest BCUT2D eigenvalue weighted by atomic mass is 10.2. The molecule has 0 amide bonds. The molecule has 2 heterocycles. The molecule has 0 saturated heterocycles. The number of phenols is 2. The maximum absolute atomic E-state index is 9.61. The summed E-state index contributed by atoms with van der Waals surface area (Å²) >= 11 is 0. The summed E-state index contributed by atoms with van der Waals surface area (Å²) in [7, 11) is 0. The normalized spacial score (nSPS) is 10.6. The third-order valence-corrected chi connectivity index (χ3v) is 4.12. The molecular formula is C20H15N5O2. The third-order valence-electron chi connectivity index (χ3n) is 4.12. The van der Waals surface area contributed by atoms with Gasteiger partial charge >= 0.3 is 0 Å². The summed E-state index contributed by atoms with van der Waals surface area (Å²) < 4.78 is 1.70. The molecule has 0 aliphatic carbocycles. The summed E-state index contributed by atoms with van der Waals surface area (Å²) in [6, 6.07) is 12.1. The Morgan fingerprint density at radius 3 is 2.78 bits per heavy atom. The standard InChI is InChI=1S/C20H15N5O2/c1-2-13-4-3-5-15(8-13)25-20-16(11-24-25)19(22-12-23-20)21-10-14-6-7-17(26)18(27)9-14/h1,3-9,11-12,26-27H,10H2,(H,21,22,23). The maximum atomic E-state index is 9.61. The Bertz CT molecular complexity index is 1180. The molecule has 0 bridgehead atoms. The van der Waals surface area contributed by atoms with Gasteiger partial charge in [-0.05, 0) is 35.9 Å². The van der Waals surface area contributed by atoms with Gasteiger partial charge in [-0.25, -0.2) is 14.6 Å². The van der Waals surface area contributed by atoms with Crippen LogP contribution in [0, 0.1) is 12.3 Å². The van der Waals surface area contributed by atoms with Crippen molar-refractivity contribution < 1.29 is 10.2 Å². The number of benzene rings is 2. The van der Waals surface area contributed by atoms with Gasteiger partial charge < -0.3 is 15.5 Å². The number of nitrogens with zero attached hydrogens (tertiary/aromatic N) is 4. The molecule has 0 atom stereocenters. The van der Waals surface area contributed by atoms with E-state index in [1.165, 1.54) is 18.5 Å². The smallest absolute Gasteiger partial charge is 0.168 e. The summed E-state index contributed by atoms with van der Waals surface area (Å²) in [6.07, 6.45) is 8.62. The summed E-state index contributed by atoms with van der Waals surface area (Å²) in [5.74, 6) is 2.91. The molecule has 4 aromatic rings. The van der Waals surface area contributed by atoms with Gasteiger partial charge in [-0.3, -0.25) is 0 Å². The number of hydrogen-bond acceptors (Lipinski definition) is 6. The molecule has 0 aliphatic rings. The molecule has 27 heavy (non-hydrogen) atoms. The van der Waals surface area contributed by atoms with E-state index in [-0.39, 0.29) is 11.5 Å². The van der Waals surface area contributed by atoms with Crippen LogP contribution >= 0.6 is 0 Å². The van der Waals surface area contributed by atoms with E-state index >= 15 is 0 Å². The van der Waals surface area contributed by atoms with Crippen molar-refractivity contribution in [3.05, 3.63) is 66.1 Å². The first-order chi connectivity index (χ1) is 13.2. The fourth-order valence-electron chi connectivity index (χ4n) is 2.77. The topological polar surface area (TPSA) is 96.1 Å². The Balaban J connectivity index is 1.66. The molecule has 2 aromatic heterocycles. The van der Waals surface area contributed by atoms with Crippen LogP contribution < -0.4 is 5.32 Å². The van der Waals surface area contributed by atoms with Crippen molar-refractivity contribution in [2.45, 2.75) is 6.54 Å². The van der Waals surface area contributed by atoms with Crippen LogP contribution in [0.2, 0.25) is 0 Å². The minimum atomic E-state index is -0.164. The predicted octanol–water partition coefficient (Wildman–Crippen LogP) is 2.82. The Labute approximate surface area is 155 Å². The lowest BCUT2D eigenvalue weighted by Crippen LogP contribution is -2.03. The molecule has 0 unspecified atom stereocenters. The van der Waals surface area contributed by atoms with Crippen LogP contribution in [0.4, 0.5) is 5.82 Å². The van der Waals surface area contributed by atoms with Gasteiger partial charge in [0.25, 0.3) is 0 Å². The van der Waals surface area contributed by atoms with Gasteiger partial charge in [-0.15, -0.1) is 6.42 Å². The fourth-order valence-corrected chi connectivity index (χ4v) is 2.77. The Hall–Kier alpha value is -4.05. The van der Waals surface area contributed by atoms with Crippen LogP contribution in [0.25, 0.3) is 16.7 Å². The van der Waals surface area contributed by atoms with E-state index in [1.807, 2.05) is 24.3 Å². The number of aromatic hydroxyl groups is 2. The van der Waals surface area contributed by atoms with Gasteiger partial charge in [0.15, 0.2) is 17.1 Å². The van der Waals surface area contributed by atoms with Crippen molar-refractivity contribution in [1.29, 1.82) is 0 Å². The highest BCUT2D eigenvalue weighted by Gasteiger charge is 2.11. The predicted molar refractivity (Wildman–Crippen MR) is 102 cm³/mol. The van der Waals surface area contributed by atoms with E-state index in [0.29, 0.717) is 18.0 Å². The number of anilines is 1. The van der Waals surface area contributed by atoms with Crippen molar-refractivity contribution in [2.75, 3.05) is 5.32 Å². The van der Waals surface area contributed by atoms with Crippen LogP contribution in [0.3, 0.4) is 0 Å². The molecular weight excluding hydrogens is 342 g/mol. The first kappa shape index (κ1) is 16.4. The third kappa shape index (κ3) is 3.12. The molecule has 7 nitrogen and oxygen atoms in total. The number of phenolic OH excluding ortho intramolecular Hbond substituents is 2. The van der Waals surface area contributed by atoms with E-state index in [2.05, 4.69) is 26.3 Å². The van der Waals surface area contributed by atoms with Gasteiger partial charge in [-0.2, -0.15) is 5.10 Å². The van der Waals surface area contributed by atoms with Crippen molar-refractivity contribution in [2.24, 2.45) is 0 Å². The van der Waals surface area contributed by atoms with Gasteiger partial charge in [0, 0.05) is 12.1 Å². The summed E-state index contributed by atoms with van der Waals surface area (Å²) in [5, 5.41) is 27.4. The van der Waals surface area contributed by atoms with Gasteiger partial charge in [-0.1, -0.05) is 18.1 Å². The Kier molecular flexibility index (Phi) is 4.07. The molecule has 132 valence electrons. The lowest BCUT2D eigenvalue weighted by Gasteiger charge is -2.08. The monoisotopic (exact) mass is 357 g/mol. The molecule has 0 radical (unpaired) electrons. The second-order valence-electron chi connectivity index (χ2n) is 5.89. The van der Waals surface area contributed by atoms with Crippen molar-refractivity contribution in [3.63, 3.8) is 0 Å². The SMILES string of the molecule is C#Cc1cccc(-n2ncc3c(NCc4ccc(O)c(O)c4)ncnc32)c1. The zero-order valence-electron chi connectivity index (χ0n) is 14.2. The molecule has 4 rings (SSSR count). The van der Waals surface area contributed by atoms with Crippen molar-refractivity contribution in [1.82, 2.24) is 19.7 Å². The van der Waals surface area contributed by atoms with E-state index < -0.39 is 0 Å². The minimum absolute atomic E-state index is 0.154. The number of hydrogen-bond donors (Lipinski definition) is 3. The molecule has 7 heteroatoms. The summed E-state index contributed by atoms with van der Waals surface area (Å²) in [4.78, 5) is 8.62. The van der Waals surface area contributed by atoms with Crippen LogP contribution in [0.15, 0.2) is 55.0 Å². The Morgan fingerprint density at radius 2 is 1.96 bits per heavy atom. The number of nitrogens with one attached hydrogen (secondary N) is 1. The van der Waals surface area contributed by atoms with E-state index in [0.717, 1.165) is 22.2 Å². The largest absolute Gasteiger partial charge is 0.504 e. The molecule has 0 aliphatic heterocycles. The first-order valence-electron chi connectivity index (χ1n) is 8.16. The number of aromatic nitrogens is 4. The molecule has 3 N–H and O–H groups in total. The van der Waals surface area contributed by atoms with Crippen molar-refractivity contribution in [3.8, 4) is 29.5 Å². The van der Waals surface area contributed by atoms with Gasteiger partial charge in [0.2, 0.25) is 0 Å². The lowest BCUT2D eigenvalue weighted by molar-refractivity contribution is 0.403. The highest BCUT2D eigenvalue weighted by Crippen LogP contribution is 2.26. The maximum Gasteiger partial charge on any atom is 0.168 e. The van der Waals surface area contributed by atoms with Crippen molar-refractivity contribution >= 4 is 16.9 Å². The van der Waals surface area contributed by atoms with Crippen LogP contribution in [-0.4, -0.2) is 30.0 Å². The molecule has 0 fully saturated rings. The average molecular weight is 357 g/mol. The summed E-state index contributed by atoms with van der Waals surface area (Å²) in [6.45, 7) is 0.414. The van der Waals surface area contributed by atoms with Gasteiger partial charge in [0.05, 0.1) is 17.3 Å². The quantitative estimate of drug-likeness (QED) is 0.384. The zero-order chi connectivity index (χ0) is 18.8.